The van der Waals surface area contributed by atoms with Crippen molar-refractivity contribution < 1.29 is 14.7 Å². The van der Waals surface area contributed by atoms with Gasteiger partial charge >= 0.3 is 0 Å². The molecule has 158 valence electrons. The van der Waals surface area contributed by atoms with Crippen LogP contribution in [0, 0.1) is 6.92 Å². The van der Waals surface area contributed by atoms with E-state index in [4.69, 9.17) is 9.90 Å². The molecule has 0 bridgehead atoms. The van der Waals surface area contributed by atoms with Crippen molar-refractivity contribution >= 4 is 23.3 Å². The molecule has 0 spiro atoms. The highest BCUT2D eigenvalue weighted by Gasteiger charge is 2.20. The molecule has 3 aromatic rings. The molecule has 1 amide bonds. The van der Waals surface area contributed by atoms with Crippen LogP contribution in [0.15, 0.2) is 42.5 Å². The molecule has 0 aliphatic carbocycles. The quantitative estimate of drug-likeness (QED) is 0.562. The summed E-state index contributed by atoms with van der Waals surface area (Å²) in [6.45, 7) is 3.71. The van der Waals surface area contributed by atoms with Crippen molar-refractivity contribution in [2.24, 2.45) is 0 Å². The summed E-state index contributed by atoms with van der Waals surface area (Å²) in [5, 5.41) is 18.7. The lowest BCUT2D eigenvalue weighted by Gasteiger charge is -2.19. The first-order valence-corrected chi connectivity index (χ1v) is 10.2. The second kappa shape index (κ2) is 10.0. The van der Waals surface area contributed by atoms with Gasteiger partial charge in [0.05, 0.1) is 5.52 Å². The Balaban J connectivity index is 0.000000806. The molecule has 0 radical (unpaired) electrons. The third kappa shape index (κ3) is 4.86. The van der Waals surface area contributed by atoms with Gasteiger partial charge in [-0.15, -0.1) is 0 Å². The van der Waals surface area contributed by atoms with Crippen LogP contribution in [0.2, 0.25) is 0 Å². The number of rotatable bonds is 5. The van der Waals surface area contributed by atoms with Crippen LogP contribution in [0.25, 0.3) is 22.2 Å². The molecule has 4 rings (SSSR count). The molecule has 1 aliphatic rings. The summed E-state index contributed by atoms with van der Waals surface area (Å²) in [6, 6.07) is 14.4. The fourth-order valence-electron chi connectivity index (χ4n) is 4.06. The van der Waals surface area contributed by atoms with Crippen molar-refractivity contribution in [2.75, 3.05) is 20.1 Å². The van der Waals surface area contributed by atoms with E-state index in [2.05, 4.69) is 40.5 Å². The molecular weight excluding hydrogens is 380 g/mol. The van der Waals surface area contributed by atoms with E-state index < -0.39 is 0 Å². The number of likely N-dealkylation sites (tertiary alicyclic amines) is 1. The minimum atomic E-state index is -0.250. The minimum absolute atomic E-state index is 0.0194. The number of benzene rings is 2. The number of amides is 1. The molecule has 3 N–H and O–H groups in total. The van der Waals surface area contributed by atoms with Gasteiger partial charge in [-0.2, -0.15) is 5.10 Å². The molecule has 7 nitrogen and oxygen atoms in total. The summed E-state index contributed by atoms with van der Waals surface area (Å²) >= 11 is 0. The van der Waals surface area contributed by atoms with Gasteiger partial charge in [0.15, 0.2) is 0 Å². The largest absolute Gasteiger partial charge is 0.483 e. The minimum Gasteiger partial charge on any atom is -0.483 e. The molecule has 30 heavy (non-hydrogen) atoms. The lowest BCUT2D eigenvalue weighted by molar-refractivity contribution is -0.122. The van der Waals surface area contributed by atoms with E-state index in [1.165, 1.54) is 18.4 Å². The second-order valence-corrected chi connectivity index (χ2v) is 7.58. The molecule has 7 heteroatoms. The van der Waals surface area contributed by atoms with E-state index in [1.54, 1.807) is 0 Å². The van der Waals surface area contributed by atoms with Crippen molar-refractivity contribution in [3.8, 4) is 11.3 Å². The van der Waals surface area contributed by atoms with Crippen molar-refractivity contribution in [3.05, 3.63) is 53.6 Å². The van der Waals surface area contributed by atoms with E-state index in [9.17, 15) is 4.79 Å². The zero-order valence-electron chi connectivity index (χ0n) is 17.4. The van der Waals surface area contributed by atoms with Gasteiger partial charge in [-0.25, -0.2) is 0 Å². The van der Waals surface area contributed by atoms with Crippen molar-refractivity contribution in [3.63, 3.8) is 0 Å². The zero-order valence-corrected chi connectivity index (χ0v) is 17.4. The number of aromatic amines is 1. The van der Waals surface area contributed by atoms with Gasteiger partial charge in [0, 0.05) is 29.1 Å². The number of nitrogens with zero attached hydrogens (tertiary/aromatic N) is 2. The van der Waals surface area contributed by atoms with Gasteiger partial charge in [0.2, 0.25) is 0 Å². The summed E-state index contributed by atoms with van der Waals surface area (Å²) < 4.78 is 0. The van der Waals surface area contributed by atoms with Gasteiger partial charge in [0.1, 0.15) is 5.69 Å². The number of carboxylic acid groups (broad SMARTS) is 1. The highest BCUT2D eigenvalue weighted by atomic mass is 16.3. The number of hydrogen-bond acceptors (Lipinski definition) is 4. The van der Waals surface area contributed by atoms with Crippen LogP contribution in [0.4, 0.5) is 0 Å². The Morgan fingerprint density at radius 3 is 2.83 bits per heavy atom. The van der Waals surface area contributed by atoms with Crippen LogP contribution >= 0.6 is 0 Å². The molecule has 1 aromatic heterocycles. The zero-order chi connectivity index (χ0) is 21.5. The Kier molecular flexibility index (Phi) is 7.19. The predicted molar refractivity (Wildman–Crippen MR) is 118 cm³/mol. The Bertz CT molecular complexity index is 1010. The average molecular weight is 409 g/mol. The Morgan fingerprint density at radius 1 is 1.33 bits per heavy atom. The van der Waals surface area contributed by atoms with Crippen LogP contribution in [-0.4, -0.2) is 58.8 Å². The Hall–Kier alpha value is -3.19. The maximum atomic E-state index is 12.6. The van der Waals surface area contributed by atoms with E-state index in [0.717, 1.165) is 35.1 Å². The monoisotopic (exact) mass is 408 g/mol. The van der Waals surface area contributed by atoms with Gasteiger partial charge in [-0.05, 0) is 63.5 Å². The summed E-state index contributed by atoms with van der Waals surface area (Å²) in [6.07, 6.45) is 3.49. The maximum absolute atomic E-state index is 12.6. The number of nitrogens with one attached hydrogen (secondary N) is 2. The number of H-pyrrole nitrogens is 1. The first kappa shape index (κ1) is 21.5. The van der Waals surface area contributed by atoms with Crippen LogP contribution in [0.5, 0.6) is 0 Å². The smallest absolute Gasteiger partial charge is 0.290 e. The first-order chi connectivity index (χ1) is 14.5. The second-order valence-electron chi connectivity index (χ2n) is 7.58. The van der Waals surface area contributed by atoms with Crippen molar-refractivity contribution in [2.45, 2.75) is 32.2 Å². The Morgan fingerprint density at radius 2 is 2.10 bits per heavy atom. The van der Waals surface area contributed by atoms with E-state index in [1.807, 2.05) is 36.4 Å². The fraction of sp³-hybridized carbons (Fsp3) is 0.348. The van der Waals surface area contributed by atoms with Crippen LogP contribution < -0.4 is 5.32 Å². The highest BCUT2D eigenvalue weighted by molar-refractivity contribution is 5.99. The predicted octanol–water partition coefficient (Wildman–Crippen LogP) is 3.45. The molecule has 2 aromatic carbocycles. The number of carbonyl (C=O) groups is 2. The first-order valence-electron chi connectivity index (χ1n) is 10.2. The van der Waals surface area contributed by atoms with Crippen LogP contribution in [0.3, 0.4) is 0 Å². The number of carbonyl (C=O) groups excluding carboxylic acids is 1. The lowest BCUT2D eigenvalue weighted by Crippen LogP contribution is -2.31. The van der Waals surface area contributed by atoms with E-state index in [0.29, 0.717) is 18.2 Å². The van der Waals surface area contributed by atoms with Crippen LogP contribution in [0.1, 0.15) is 35.2 Å². The average Bonchev–Trinajstić information content (AvgIpc) is 3.36. The van der Waals surface area contributed by atoms with Gasteiger partial charge < -0.3 is 15.3 Å². The summed E-state index contributed by atoms with van der Waals surface area (Å²) in [4.78, 5) is 23.3. The maximum Gasteiger partial charge on any atom is 0.290 e. The lowest BCUT2D eigenvalue weighted by atomic mass is 10.0. The van der Waals surface area contributed by atoms with Gasteiger partial charge in [-0.3, -0.25) is 14.7 Å². The SMILES string of the molecule is Cc1cccc2[nH]nc(-c3cccc(C(=O)NCCC4CCCN4C)c3)c12.O=CO. The van der Waals surface area contributed by atoms with Crippen molar-refractivity contribution in [1.82, 2.24) is 20.4 Å². The molecule has 0 saturated carbocycles. The normalized spacial score (nSPS) is 16.1. The standard InChI is InChI=1S/C22H26N4O.CH2O2/c1-15-6-3-10-19-20(15)21(25-24-19)16-7-4-8-17(14-16)22(27)23-12-11-18-9-5-13-26(18)2;2-1-3/h3-4,6-8,10,14,18H,5,9,11-13H2,1-2H3,(H,23,27)(H,24,25);1H,(H,2,3). The third-order valence-electron chi connectivity index (χ3n) is 5.63. The van der Waals surface area contributed by atoms with Gasteiger partial charge in [0.25, 0.3) is 12.4 Å². The number of aromatic nitrogens is 2. The van der Waals surface area contributed by atoms with E-state index >= 15 is 0 Å². The molecular formula is C23H28N4O3. The number of aryl methyl sites for hydroxylation is 1. The number of fused-ring (bicyclic) bond motifs is 1. The highest BCUT2D eigenvalue weighted by Crippen LogP contribution is 2.29. The van der Waals surface area contributed by atoms with Crippen LogP contribution in [-0.2, 0) is 4.79 Å². The van der Waals surface area contributed by atoms with Crippen molar-refractivity contribution in [1.29, 1.82) is 0 Å². The Labute approximate surface area is 176 Å². The molecule has 1 unspecified atom stereocenters. The molecule has 1 aliphatic heterocycles. The van der Waals surface area contributed by atoms with E-state index in [-0.39, 0.29) is 12.4 Å². The number of hydrogen-bond donors (Lipinski definition) is 3. The fourth-order valence-corrected chi connectivity index (χ4v) is 4.06. The molecule has 1 saturated heterocycles. The molecule has 1 fully saturated rings. The molecule has 1 atom stereocenters. The molecule has 2 heterocycles. The summed E-state index contributed by atoms with van der Waals surface area (Å²) in [5.74, 6) is -0.0194. The topological polar surface area (TPSA) is 98.3 Å². The summed E-state index contributed by atoms with van der Waals surface area (Å²) in [7, 11) is 2.17. The van der Waals surface area contributed by atoms with Gasteiger partial charge in [-0.1, -0.05) is 24.3 Å². The third-order valence-corrected chi connectivity index (χ3v) is 5.63. The summed E-state index contributed by atoms with van der Waals surface area (Å²) in [5.41, 5.74) is 4.72.